The Balaban J connectivity index is 1.44. The molecule has 2 rings (SSSR count). The second-order valence-electron chi connectivity index (χ2n) is 10.3. The quantitative estimate of drug-likeness (QED) is 0.123. The van der Waals surface area contributed by atoms with Gasteiger partial charge in [0.2, 0.25) is 7.37 Å². The highest BCUT2D eigenvalue weighted by Crippen LogP contribution is 2.41. The number of hydrogen-bond donors (Lipinski definition) is 2. The zero-order valence-corrected chi connectivity index (χ0v) is 23.6. The van der Waals surface area contributed by atoms with E-state index in [2.05, 4.69) is 21.9 Å². The van der Waals surface area contributed by atoms with E-state index in [1.807, 2.05) is 11.5 Å². The predicted octanol–water partition coefficient (Wildman–Crippen LogP) is 7.30. The van der Waals surface area contributed by atoms with Crippen molar-refractivity contribution >= 4 is 24.4 Å². The lowest BCUT2D eigenvalue weighted by molar-refractivity contribution is 0.0825. The summed E-state index contributed by atoms with van der Waals surface area (Å²) in [5, 5.41) is 0. The molecule has 3 N–H and O–H groups in total. The van der Waals surface area contributed by atoms with Crippen LogP contribution in [0.5, 0.6) is 0 Å². The van der Waals surface area contributed by atoms with Gasteiger partial charge in [0, 0.05) is 6.16 Å². The summed E-state index contributed by atoms with van der Waals surface area (Å²) in [4.78, 5) is 22.7. The van der Waals surface area contributed by atoms with Crippen LogP contribution in [0, 0.1) is 0 Å². The van der Waals surface area contributed by atoms with Crippen molar-refractivity contribution in [2.24, 2.45) is 0 Å². The molecule has 0 amide bonds. The predicted molar refractivity (Wildman–Crippen MR) is 149 cm³/mol. The number of hydrogen-bond acceptors (Lipinski definition) is 6. The van der Waals surface area contributed by atoms with Crippen LogP contribution in [-0.2, 0) is 15.8 Å². The molecule has 0 aliphatic rings. The van der Waals surface area contributed by atoms with E-state index < -0.39 is 7.37 Å². The van der Waals surface area contributed by atoms with E-state index in [1.165, 1.54) is 89.8 Å². The smallest absolute Gasteiger partial charge is 0.225 e. The van der Waals surface area contributed by atoms with Gasteiger partial charge in [0.25, 0.3) is 0 Å². The van der Waals surface area contributed by atoms with Gasteiger partial charge in [-0.25, -0.2) is 15.0 Å². The molecule has 0 aliphatic carbocycles. The van der Waals surface area contributed by atoms with Gasteiger partial charge in [-0.05, 0) is 13.3 Å². The Labute approximate surface area is 218 Å². The first-order chi connectivity index (χ1) is 17.4. The number of aromatic nitrogens is 4. The van der Waals surface area contributed by atoms with Gasteiger partial charge in [0.15, 0.2) is 11.5 Å². The number of fused-ring (bicyclic) bond motifs is 1. The monoisotopic (exact) mass is 523 g/mol. The van der Waals surface area contributed by atoms with Crippen LogP contribution in [-0.4, -0.2) is 43.0 Å². The summed E-state index contributed by atoms with van der Waals surface area (Å²) in [5.41, 5.74) is 7.01. The first kappa shape index (κ1) is 30.7. The number of nitrogens with zero attached hydrogens (tertiary/aromatic N) is 4. The molecule has 206 valence electrons. The Bertz CT molecular complexity index is 891. The number of anilines is 1. The van der Waals surface area contributed by atoms with Crippen LogP contribution < -0.4 is 5.73 Å². The van der Waals surface area contributed by atoms with Gasteiger partial charge < -0.3 is 19.9 Å². The van der Waals surface area contributed by atoms with Gasteiger partial charge in [-0.3, -0.25) is 4.57 Å². The number of imidazole rings is 1. The van der Waals surface area contributed by atoms with E-state index in [9.17, 15) is 9.46 Å². The Morgan fingerprint density at radius 1 is 0.889 bits per heavy atom. The minimum Gasteiger partial charge on any atom is -0.382 e. The van der Waals surface area contributed by atoms with E-state index in [0.29, 0.717) is 29.7 Å². The minimum atomic E-state index is -3.27. The average molecular weight is 524 g/mol. The molecule has 36 heavy (non-hydrogen) atoms. The molecule has 0 saturated heterocycles. The summed E-state index contributed by atoms with van der Waals surface area (Å²) in [6.07, 6.45) is 23.7. The summed E-state index contributed by atoms with van der Waals surface area (Å²) in [6.45, 7) is 4.63. The Morgan fingerprint density at radius 3 is 1.97 bits per heavy atom. The Kier molecular flexibility index (Phi) is 15.2. The fourth-order valence-corrected chi connectivity index (χ4v) is 5.91. The van der Waals surface area contributed by atoms with Crippen LogP contribution in [0.1, 0.15) is 117 Å². The third-order valence-electron chi connectivity index (χ3n) is 6.81. The molecule has 2 aromatic heterocycles. The highest BCUT2D eigenvalue weighted by Gasteiger charge is 2.20. The standard InChI is InChI=1S/C27H50N5O3P/c1-3-4-5-6-7-8-9-10-11-12-13-14-15-16-17-18-19-36(33,34)23-35-24(2)20-32-22-31-25-26(28)29-21-30-27(25)32/h21-22,24H,3-20,23H2,1-2H3,(H,33,34)(H2,28,29,30)/t24-/m1/s1. The van der Waals surface area contributed by atoms with E-state index in [4.69, 9.17) is 10.5 Å². The first-order valence-corrected chi connectivity index (χ1v) is 16.3. The van der Waals surface area contributed by atoms with Crippen molar-refractivity contribution in [2.75, 3.05) is 18.2 Å². The molecular weight excluding hydrogens is 473 g/mol. The van der Waals surface area contributed by atoms with Gasteiger partial charge in [-0.15, -0.1) is 0 Å². The molecule has 1 unspecified atom stereocenters. The molecule has 0 spiro atoms. The summed E-state index contributed by atoms with van der Waals surface area (Å²) in [7, 11) is -3.27. The van der Waals surface area contributed by atoms with E-state index in [1.54, 1.807) is 6.33 Å². The molecule has 8 nitrogen and oxygen atoms in total. The summed E-state index contributed by atoms with van der Waals surface area (Å²) < 4.78 is 20.0. The second-order valence-corrected chi connectivity index (χ2v) is 12.7. The van der Waals surface area contributed by atoms with E-state index >= 15 is 0 Å². The first-order valence-electron chi connectivity index (χ1n) is 14.3. The highest BCUT2D eigenvalue weighted by atomic mass is 31.2. The molecule has 0 saturated carbocycles. The van der Waals surface area contributed by atoms with E-state index in [-0.39, 0.29) is 12.5 Å². The Morgan fingerprint density at radius 2 is 1.42 bits per heavy atom. The number of nitrogens with two attached hydrogens (primary N) is 1. The van der Waals surface area contributed by atoms with Gasteiger partial charge in [0.05, 0.1) is 19.0 Å². The minimum absolute atomic E-state index is 0.114. The molecule has 0 fully saturated rings. The van der Waals surface area contributed by atoms with Crippen molar-refractivity contribution in [3.05, 3.63) is 12.7 Å². The van der Waals surface area contributed by atoms with Crippen LogP contribution in [0.2, 0.25) is 0 Å². The van der Waals surface area contributed by atoms with Crippen molar-refractivity contribution in [2.45, 2.75) is 129 Å². The zero-order chi connectivity index (χ0) is 26.1. The number of ether oxygens (including phenoxy) is 1. The lowest BCUT2D eigenvalue weighted by Gasteiger charge is -2.17. The van der Waals surface area contributed by atoms with Gasteiger partial charge in [-0.1, -0.05) is 103 Å². The van der Waals surface area contributed by atoms with Crippen LogP contribution in [0.3, 0.4) is 0 Å². The molecule has 0 aliphatic heterocycles. The highest BCUT2D eigenvalue weighted by molar-refractivity contribution is 7.57. The van der Waals surface area contributed by atoms with Crippen molar-refractivity contribution in [1.29, 1.82) is 0 Å². The van der Waals surface area contributed by atoms with E-state index in [0.717, 1.165) is 19.3 Å². The third kappa shape index (κ3) is 12.6. The fourth-order valence-electron chi connectivity index (χ4n) is 4.58. The molecule has 0 aromatic carbocycles. The second kappa shape index (κ2) is 17.9. The number of rotatable bonds is 22. The largest absolute Gasteiger partial charge is 0.382 e. The molecule has 2 heterocycles. The molecule has 0 radical (unpaired) electrons. The summed E-state index contributed by atoms with van der Waals surface area (Å²) in [5.74, 6) is 0.339. The maximum Gasteiger partial charge on any atom is 0.225 e. The van der Waals surface area contributed by atoms with Gasteiger partial charge in [0.1, 0.15) is 18.2 Å². The maximum absolute atomic E-state index is 12.5. The topological polar surface area (TPSA) is 116 Å². The molecule has 2 atom stereocenters. The molecule has 0 bridgehead atoms. The van der Waals surface area contributed by atoms with Crippen LogP contribution in [0.15, 0.2) is 12.7 Å². The number of unbranched alkanes of at least 4 members (excludes halogenated alkanes) is 15. The van der Waals surface area contributed by atoms with Crippen LogP contribution >= 0.6 is 7.37 Å². The molecular formula is C27H50N5O3P. The normalized spacial score (nSPS) is 14.3. The van der Waals surface area contributed by atoms with Gasteiger partial charge in [-0.2, -0.15) is 0 Å². The summed E-state index contributed by atoms with van der Waals surface area (Å²) in [6, 6.07) is 0. The van der Waals surface area contributed by atoms with Crippen molar-refractivity contribution in [3.8, 4) is 0 Å². The Hall–Kier alpha value is -1.50. The molecule has 9 heteroatoms. The van der Waals surface area contributed by atoms with Crippen molar-refractivity contribution < 1.29 is 14.2 Å². The molecule has 2 aromatic rings. The maximum atomic E-state index is 12.5. The van der Waals surface area contributed by atoms with Gasteiger partial charge >= 0.3 is 0 Å². The SMILES string of the molecule is CCCCCCCCCCCCCCCCCCP(=O)(O)CO[C@H](C)Cn1cnc2c(N)ncnc21. The summed E-state index contributed by atoms with van der Waals surface area (Å²) >= 11 is 0. The van der Waals surface area contributed by atoms with Crippen molar-refractivity contribution in [3.63, 3.8) is 0 Å². The van der Waals surface area contributed by atoms with Crippen LogP contribution in [0.4, 0.5) is 5.82 Å². The fraction of sp³-hybridized carbons (Fsp3) is 0.815. The lowest BCUT2D eigenvalue weighted by atomic mass is 10.0. The third-order valence-corrected chi connectivity index (χ3v) is 8.37. The lowest BCUT2D eigenvalue weighted by Crippen LogP contribution is -2.17. The van der Waals surface area contributed by atoms with Crippen molar-refractivity contribution in [1.82, 2.24) is 19.5 Å². The zero-order valence-electron chi connectivity index (χ0n) is 22.7. The number of nitrogen functional groups attached to an aromatic ring is 1. The average Bonchev–Trinajstić information content (AvgIpc) is 3.26. The van der Waals surface area contributed by atoms with Crippen LogP contribution in [0.25, 0.3) is 11.2 Å².